The average molecular weight is 395 g/mol. The Kier molecular flexibility index (Phi) is 4.87. The normalized spacial score (nSPS) is 15.2. The molecule has 3 aromatic rings. The van der Waals surface area contributed by atoms with Crippen molar-refractivity contribution in [1.82, 2.24) is 19.1 Å². The largest absolute Gasteiger partial charge is 0.239 e. The van der Waals surface area contributed by atoms with Crippen molar-refractivity contribution in [1.29, 1.82) is 0 Å². The van der Waals surface area contributed by atoms with E-state index in [1.165, 1.54) is 16.2 Å². The third kappa shape index (κ3) is 3.39. The number of fused-ring (bicyclic) bond motifs is 1. The van der Waals surface area contributed by atoms with Crippen LogP contribution in [0, 0.1) is 0 Å². The summed E-state index contributed by atoms with van der Waals surface area (Å²) in [6, 6.07) is 15.4. The second-order valence-electron chi connectivity index (χ2n) is 6.94. The first kappa shape index (κ1) is 18.6. The lowest BCUT2D eigenvalue weighted by Gasteiger charge is -2.27. The molecular formula is C21H22N4O2S. The summed E-state index contributed by atoms with van der Waals surface area (Å²) in [6.45, 7) is 1.90. The summed E-state index contributed by atoms with van der Waals surface area (Å²) < 4.78 is 29.5. The maximum absolute atomic E-state index is 13.2. The van der Waals surface area contributed by atoms with Crippen molar-refractivity contribution >= 4 is 16.1 Å². The lowest BCUT2D eigenvalue weighted by molar-refractivity contribution is 0.402. The van der Waals surface area contributed by atoms with Gasteiger partial charge in [-0.2, -0.15) is 9.40 Å². The SMILES string of the molecule is CC(c1ccc(-n2cncn2)cc1)N(C)S(=O)(=O)C1=Cc2ccccc2CC1. The van der Waals surface area contributed by atoms with E-state index in [1.54, 1.807) is 18.1 Å². The molecule has 1 heterocycles. The van der Waals surface area contributed by atoms with E-state index in [0.29, 0.717) is 11.3 Å². The molecule has 2 aromatic carbocycles. The summed E-state index contributed by atoms with van der Waals surface area (Å²) in [7, 11) is -1.89. The Morgan fingerprint density at radius 1 is 1.07 bits per heavy atom. The van der Waals surface area contributed by atoms with Crippen LogP contribution in [-0.2, 0) is 16.4 Å². The molecule has 28 heavy (non-hydrogen) atoms. The summed E-state index contributed by atoms with van der Waals surface area (Å²) in [5.74, 6) is 0. The Hall–Kier alpha value is -2.77. The minimum absolute atomic E-state index is 0.284. The summed E-state index contributed by atoms with van der Waals surface area (Å²) in [4.78, 5) is 4.41. The highest BCUT2D eigenvalue weighted by Gasteiger charge is 2.29. The lowest BCUT2D eigenvalue weighted by Crippen LogP contribution is -2.31. The zero-order valence-electron chi connectivity index (χ0n) is 15.9. The number of aromatic nitrogens is 3. The number of nitrogens with zero attached hydrogens (tertiary/aromatic N) is 4. The van der Waals surface area contributed by atoms with Crippen LogP contribution < -0.4 is 0 Å². The van der Waals surface area contributed by atoms with E-state index in [9.17, 15) is 8.42 Å². The van der Waals surface area contributed by atoms with Crippen LogP contribution in [0.5, 0.6) is 0 Å². The van der Waals surface area contributed by atoms with Crippen LogP contribution in [0.1, 0.15) is 36.1 Å². The van der Waals surface area contributed by atoms with Crippen LogP contribution >= 0.6 is 0 Å². The second kappa shape index (κ2) is 7.33. The highest BCUT2D eigenvalue weighted by Crippen LogP contribution is 2.32. The summed E-state index contributed by atoms with van der Waals surface area (Å²) >= 11 is 0. The maximum atomic E-state index is 13.2. The van der Waals surface area contributed by atoms with E-state index in [-0.39, 0.29) is 6.04 Å². The fourth-order valence-electron chi connectivity index (χ4n) is 3.46. The summed E-state index contributed by atoms with van der Waals surface area (Å²) in [5.41, 5.74) is 3.99. The number of sulfonamides is 1. The van der Waals surface area contributed by atoms with Gasteiger partial charge in [0.1, 0.15) is 12.7 Å². The first-order chi connectivity index (χ1) is 13.5. The van der Waals surface area contributed by atoms with Gasteiger partial charge in [0.25, 0.3) is 0 Å². The Morgan fingerprint density at radius 2 is 1.82 bits per heavy atom. The molecule has 0 amide bonds. The van der Waals surface area contributed by atoms with Gasteiger partial charge < -0.3 is 0 Å². The Bertz CT molecular complexity index is 1100. The maximum Gasteiger partial charge on any atom is 0.239 e. The topological polar surface area (TPSA) is 68.1 Å². The van der Waals surface area contributed by atoms with Crippen molar-refractivity contribution in [2.45, 2.75) is 25.8 Å². The van der Waals surface area contributed by atoms with Crippen molar-refractivity contribution in [2.75, 3.05) is 7.05 Å². The van der Waals surface area contributed by atoms with Crippen molar-refractivity contribution in [3.05, 3.63) is 82.8 Å². The van der Waals surface area contributed by atoms with Crippen LogP contribution in [0.3, 0.4) is 0 Å². The molecular weight excluding hydrogens is 372 g/mol. The molecule has 1 unspecified atom stereocenters. The number of rotatable bonds is 5. The van der Waals surface area contributed by atoms with Gasteiger partial charge in [-0.05, 0) is 54.7 Å². The molecule has 0 N–H and O–H groups in total. The van der Waals surface area contributed by atoms with Crippen molar-refractivity contribution < 1.29 is 8.42 Å². The zero-order chi connectivity index (χ0) is 19.7. The third-order valence-electron chi connectivity index (χ3n) is 5.33. The molecule has 1 aliphatic carbocycles. The zero-order valence-corrected chi connectivity index (χ0v) is 16.7. The molecule has 1 aromatic heterocycles. The molecule has 0 bridgehead atoms. The fourth-order valence-corrected chi connectivity index (χ4v) is 5.00. The van der Waals surface area contributed by atoms with Gasteiger partial charge in [0, 0.05) is 13.1 Å². The van der Waals surface area contributed by atoms with Gasteiger partial charge in [-0.1, -0.05) is 36.4 Å². The molecule has 0 aliphatic heterocycles. The Balaban J connectivity index is 1.58. The number of benzene rings is 2. The Morgan fingerprint density at radius 3 is 2.54 bits per heavy atom. The first-order valence-corrected chi connectivity index (χ1v) is 10.6. The van der Waals surface area contributed by atoms with E-state index < -0.39 is 10.0 Å². The fraction of sp³-hybridized carbons (Fsp3) is 0.238. The predicted octanol–water partition coefficient (Wildman–Crippen LogP) is 3.58. The molecule has 7 heteroatoms. The highest BCUT2D eigenvalue weighted by atomic mass is 32.2. The molecule has 0 spiro atoms. The minimum atomic E-state index is -3.54. The smallest absolute Gasteiger partial charge is 0.223 e. The van der Waals surface area contributed by atoms with Crippen LogP contribution in [0.2, 0.25) is 0 Å². The van der Waals surface area contributed by atoms with Gasteiger partial charge in [0.15, 0.2) is 0 Å². The third-order valence-corrected chi connectivity index (χ3v) is 7.39. The quantitative estimate of drug-likeness (QED) is 0.663. The van der Waals surface area contributed by atoms with Crippen LogP contribution in [0.4, 0.5) is 0 Å². The van der Waals surface area contributed by atoms with Gasteiger partial charge in [-0.25, -0.2) is 18.1 Å². The molecule has 4 rings (SSSR count). The monoisotopic (exact) mass is 394 g/mol. The number of hydrogen-bond donors (Lipinski definition) is 0. The van der Waals surface area contributed by atoms with E-state index in [4.69, 9.17) is 0 Å². The molecule has 144 valence electrons. The van der Waals surface area contributed by atoms with Crippen molar-refractivity contribution in [3.8, 4) is 5.69 Å². The summed E-state index contributed by atoms with van der Waals surface area (Å²) in [6.07, 6.45) is 6.19. The second-order valence-corrected chi connectivity index (χ2v) is 8.99. The highest BCUT2D eigenvalue weighted by molar-refractivity contribution is 7.93. The predicted molar refractivity (Wildman–Crippen MR) is 109 cm³/mol. The van der Waals surface area contributed by atoms with Crippen molar-refractivity contribution in [2.24, 2.45) is 0 Å². The first-order valence-electron chi connectivity index (χ1n) is 9.18. The van der Waals surface area contributed by atoms with Gasteiger partial charge in [0.2, 0.25) is 10.0 Å². The minimum Gasteiger partial charge on any atom is -0.223 e. The Labute approximate surface area is 165 Å². The molecule has 0 saturated heterocycles. The van der Waals surface area contributed by atoms with Crippen LogP contribution in [-0.4, -0.2) is 34.5 Å². The van der Waals surface area contributed by atoms with E-state index >= 15 is 0 Å². The van der Waals surface area contributed by atoms with Crippen LogP contribution in [0.25, 0.3) is 11.8 Å². The molecule has 0 radical (unpaired) electrons. The summed E-state index contributed by atoms with van der Waals surface area (Å²) in [5, 5.41) is 4.11. The number of hydrogen-bond acceptors (Lipinski definition) is 4. The van der Waals surface area contributed by atoms with Gasteiger partial charge in [-0.3, -0.25) is 0 Å². The van der Waals surface area contributed by atoms with E-state index in [1.807, 2.05) is 55.5 Å². The molecule has 1 aliphatic rings. The van der Waals surface area contributed by atoms with E-state index in [2.05, 4.69) is 16.1 Å². The number of allylic oxidation sites excluding steroid dienone is 1. The average Bonchev–Trinajstić information content (AvgIpc) is 3.27. The molecule has 0 fully saturated rings. The van der Waals surface area contributed by atoms with E-state index in [0.717, 1.165) is 23.2 Å². The van der Waals surface area contributed by atoms with Crippen LogP contribution in [0.15, 0.2) is 66.1 Å². The van der Waals surface area contributed by atoms with Gasteiger partial charge in [0.05, 0.1) is 10.6 Å². The molecule has 6 nitrogen and oxygen atoms in total. The van der Waals surface area contributed by atoms with Gasteiger partial charge >= 0.3 is 0 Å². The van der Waals surface area contributed by atoms with Gasteiger partial charge in [-0.15, -0.1) is 0 Å². The van der Waals surface area contributed by atoms with Crippen molar-refractivity contribution in [3.63, 3.8) is 0 Å². The standard InChI is InChI=1S/C21H22N4O2S/c1-16(17-7-10-20(11-8-17)25-15-22-14-23-25)24(2)28(26,27)21-12-9-18-5-3-4-6-19(18)13-21/h3-8,10-11,13-16H,9,12H2,1-2H3. The number of aryl methyl sites for hydroxylation is 1. The molecule has 1 atom stereocenters. The molecule has 0 saturated carbocycles. The lowest BCUT2D eigenvalue weighted by atomic mass is 9.98.